The van der Waals surface area contributed by atoms with E-state index in [0.29, 0.717) is 5.25 Å². The molecule has 4 heteroatoms. The second kappa shape index (κ2) is 6.61. The van der Waals surface area contributed by atoms with Crippen LogP contribution in [0.15, 0.2) is 53.5 Å². The molecule has 0 spiro atoms. The van der Waals surface area contributed by atoms with Gasteiger partial charge in [0, 0.05) is 27.5 Å². The molecule has 0 bridgehead atoms. The Morgan fingerprint density at radius 1 is 1.21 bits per heavy atom. The van der Waals surface area contributed by atoms with Gasteiger partial charge in [-0.15, -0.1) is 11.8 Å². The summed E-state index contributed by atoms with van der Waals surface area (Å²) in [5.41, 5.74) is 1.03. The van der Waals surface area contributed by atoms with Crippen molar-refractivity contribution in [1.82, 2.24) is 0 Å². The van der Waals surface area contributed by atoms with Crippen molar-refractivity contribution in [1.29, 1.82) is 0 Å². The Bertz CT molecular complexity index is 527. The zero-order chi connectivity index (χ0) is 13.8. The molecule has 0 radical (unpaired) electrons. The molecule has 0 saturated heterocycles. The summed E-state index contributed by atoms with van der Waals surface area (Å²) in [6.07, 6.45) is 8.34. The molecule has 1 heterocycles. The lowest BCUT2D eigenvalue weighted by molar-refractivity contribution is 0.266. The molecule has 0 fully saturated rings. The highest BCUT2D eigenvalue weighted by atomic mass is 127. The number of amides is 1. The molecule has 100 valence electrons. The van der Waals surface area contributed by atoms with Crippen LogP contribution in [0, 0.1) is 0 Å². The fourth-order valence-electron chi connectivity index (χ4n) is 2.19. The summed E-state index contributed by atoms with van der Waals surface area (Å²) in [4.78, 5) is 14.9. The monoisotopic (exact) mass is 385 g/mol. The largest absolute Gasteiger partial charge is 0.294 e. The van der Waals surface area contributed by atoms with Gasteiger partial charge < -0.3 is 0 Å². The van der Waals surface area contributed by atoms with Crippen LogP contribution in [0.2, 0.25) is 0 Å². The van der Waals surface area contributed by atoms with Crippen LogP contribution >= 0.6 is 34.4 Å². The maximum Gasteiger partial charge on any atom is 0.288 e. The molecule has 1 aliphatic carbocycles. The predicted molar refractivity (Wildman–Crippen MR) is 91.4 cm³/mol. The van der Waals surface area contributed by atoms with Crippen LogP contribution in [-0.2, 0) is 0 Å². The van der Waals surface area contributed by atoms with Crippen LogP contribution < -0.4 is 4.90 Å². The minimum Gasteiger partial charge on any atom is -0.294 e. The first-order chi connectivity index (χ1) is 9.27. The highest BCUT2D eigenvalue weighted by Crippen LogP contribution is 2.44. The Morgan fingerprint density at radius 3 is 2.63 bits per heavy atom. The molecule has 1 aromatic carbocycles. The standard InChI is InChI=1S/C13H10INOS.C2H6/c14-13(16)15-9-5-1-3-7-11(9)17-12-8-4-2-6-10(12)15;1-2/h1-9,11H;1-2H3. The normalized spacial score (nSPS) is 23.0. The summed E-state index contributed by atoms with van der Waals surface area (Å²) in [7, 11) is 0. The van der Waals surface area contributed by atoms with Crippen molar-refractivity contribution in [3.63, 3.8) is 0 Å². The number of anilines is 1. The zero-order valence-electron chi connectivity index (χ0n) is 10.9. The van der Waals surface area contributed by atoms with E-state index >= 15 is 0 Å². The van der Waals surface area contributed by atoms with Gasteiger partial charge in [-0.3, -0.25) is 9.69 Å². The van der Waals surface area contributed by atoms with Crippen molar-refractivity contribution in [2.45, 2.75) is 30.0 Å². The quantitative estimate of drug-likeness (QED) is 0.354. The summed E-state index contributed by atoms with van der Waals surface area (Å²) in [6.45, 7) is 4.00. The maximum absolute atomic E-state index is 11.9. The fraction of sp³-hybridized carbons (Fsp3) is 0.267. The SMILES string of the molecule is CC.O=C(I)N1c2ccccc2SC2C=CC=CC21. The lowest BCUT2D eigenvalue weighted by Gasteiger charge is -2.39. The van der Waals surface area contributed by atoms with Crippen molar-refractivity contribution in [3.8, 4) is 0 Å². The third-order valence-electron chi connectivity index (χ3n) is 2.93. The zero-order valence-corrected chi connectivity index (χ0v) is 13.9. The number of hydrogen-bond acceptors (Lipinski definition) is 2. The highest BCUT2D eigenvalue weighted by molar-refractivity contribution is 14.1. The summed E-state index contributed by atoms with van der Waals surface area (Å²) < 4.78 is 0.0744. The first-order valence-electron chi connectivity index (χ1n) is 6.37. The van der Waals surface area contributed by atoms with Gasteiger partial charge in [0.1, 0.15) is 0 Å². The van der Waals surface area contributed by atoms with Crippen molar-refractivity contribution in [2.75, 3.05) is 4.90 Å². The molecule has 0 aromatic heterocycles. The molecule has 2 unspecified atom stereocenters. The van der Waals surface area contributed by atoms with Crippen LogP contribution in [0.3, 0.4) is 0 Å². The smallest absolute Gasteiger partial charge is 0.288 e. The van der Waals surface area contributed by atoms with Gasteiger partial charge in [0.2, 0.25) is 0 Å². The number of hydrogen-bond donors (Lipinski definition) is 0. The predicted octanol–water partition coefficient (Wildman–Crippen LogP) is 5.04. The van der Waals surface area contributed by atoms with E-state index < -0.39 is 0 Å². The van der Waals surface area contributed by atoms with E-state index in [-0.39, 0.29) is 9.96 Å². The number of fused-ring (bicyclic) bond motifs is 2. The number of halogens is 1. The van der Waals surface area contributed by atoms with Gasteiger partial charge in [0.05, 0.1) is 17.0 Å². The molecule has 1 aromatic rings. The van der Waals surface area contributed by atoms with Crippen molar-refractivity contribution in [2.24, 2.45) is 0 Å². The van der Waals surface area contributed by atoms with Crippen molar-refractivity contribution in [3.05, 3.63) is 48.6 Å². The lowest BCUT2D eigenvalue weighted by atomic mass is 10.1. The fourth-order valence-corrected chi connectivity index (χ4v) is 4.03. The van der Waals surface area contributed by atoms with Crippen LogP contribution in [0.4, 0.5) is 10.5 Å². The molecule has 1 amide bonds. The Morgan fingerprint density at radius 2 is 1.89 bits per heavy atom. The number of benzene rings is 1. The van der Waals surface area contributed by atoms with Crippen LogP contribution in [0.1, 0.15) is 13.8 Å². The van der Waals surface area contributed by atoms with E-state index in [2.05, 4.69) is 24.3 Å². The molecule has 2 atom stereocenters. The first-order valence-corrected chi connectivity index (χ1v) is 8.32. The molecule has 2 aliphatic rings. The number of carbonyl (C=O) groups is 1. The van der Waals surface area contributed by atoms with Gasteiger partial charge in [0.25, 0.3) is 3.91 Å². The Hall–Kier alpha value is -0.750. The minimum absolute atomic E-state index is 0.0744. The van der Waals surface area contributed by atoms with Gasteiger partial charge in [-0.1, -0.05) is 50.3 Å². The maximum atomic E-state index is 11.9. The van der Waals surface area contributed by atoms with Crippen molar-refractivity contribution >= 4 is 44.0 Å². The van der Waals surface area contributed by atoms with Gasteiger partial charge in [-0.05, 0) is 12.1 Å². The lowest BCUT2D eigenvalue weighted by Crippen LogP contribution is -2.45. The van der Waals surface area contributed by atoms with Gasteiger partial charge in [-0.2, -0.15) is 0 Å². The van der Waals surface area contributed by atoms with Crippen molar-refractivity contribution < 1.29 is 4.79 Å². The third kappa shape index (κ3) is 2.89. The van der Waals surface area contributed by atoms with Gasteiger partial charge in [0.15, 0.2) is 0 Å². The van der Waals surface area contributed by atoms with Gasteiger partial charge in [-0.25, -0.2) is 0 Å². The molecule has 1 aliphatic heterocycles. The second-order valence-corrected chi connectivity index (χ2v) is 6.08. The third-order valence-corrected chi connectivity index (χ3v) is 4.76. The van der Waals surface area contributed by atoms with Crippen LogP contribution in [-0.4, -0.2) is 15.2 Å². The minimum atomic E-state index is 0.0744. The molecule has 2 nitrogen and oxygen atoms in total. The van der Waals surface area contributed by atoms with E-state index in [0.717, 1.165) is 5.69 Å². The molecule has 3 rings (SSSR count). The molecule has 19 heavy (non-hydrogen) atoms. The molecule has 0 saturated carbocycles. The molecule has 0 N–H and O–H groups in total. The summed E-state index contributed by atoms with van der Waals surface area (Å²) in [5.74, 6) is 0. The van der Waals surface area contributed by atoms with Crippen LogP contribution in [0.5, 0.6) is 0 Å². The van der Waals surface area contributed by atoms with Crippen LogP contribution in [0.25, 0.3) is 0 Å². The second-order valence-electron chi connectivity index (χ2n) is 3.93. The molecular formula is C15H16INOS. The van der Waals surface area contributed by atoms with E-state index in [1.54, 1.807) is 0 Å². The van der Waals surface area contributed by atoms with E-state index in [1.165, 1.54) is 4.90 Å². The number of rotatable bonds is 0. The number of thioether (sulfide) groups is 1. The van der Waals surface area contributed by atoms with E-state index in [1.807, 2.05) is 77.4 Å². The molecular weight excluding hydrogens is 369 g/mol. The number of carbonyl (C=O) groups excluding carboxylic acids is 1. The average Bonchev–Trinajstić information content (AvgIpc) is 2.46. The van der Waals surface area contributed by atoms with E-state index in [4.69, 9.17) is 0 Å². The Labute approximate surface area is 132 Å². The van der Waals surface area contributed by atoms with Gasteiger partial charge >= 0.3 is 0 Å². The topological polar surface area (TPSA) is 20.3 Å². The Kier molecular flexibility index (Phi) is 5.10. The first kappa shape index (κ1) is 14.7. The summed E-state index contributed by atoms with van der Waals surface area (Å²) in [5, 5.41) is 0.327. The number of para-hydroxylation sites is 1. The average molecular weight is 385 g/mol. The van der Waals surface area contributed by atoms with E-state index in [9.17, 15) is 4.79 Å². The summed E-state index contributed by atoms with van der Waals surface area (Å²) in [6, 6.07) is 8.24. The Balaban J connectivity index is 0.000000637. The number of nitrogens with zero attached hydrogens (tertiary/aromatic N) is 1. The highest BCUT2D eigenvalue weighted by Gasteiger charge is 2.35. The summed E-state index contributed by atoms with van der Waals surface area (Å²) >= 11 is 3.69. The number of allylic oxidation sites excluding steroid dienone is 2.